The summed E-state index contributed by atoms with van der Waals surface area (Å²) in [6.45, 7) is 0.554. The lowest BCUT2D eigenvalue weighted by Gasteiger charge is -2.22. The zero-order valence-electron chi connectivity index (χ0n) is 14.1. The van der Waals surface area contributed by atoms with Crippen LogP contribution in [0.25, 0.3) is 0 Å². The van der Waals surface area contributed by atoms with Gasteiger partial charge < -0.3 is 9.64 Å². The van der Waals surface area contributed by atoms with Crippen LogP contribution in [-0.2, 0) is 21.2 Å². The molecule has 1 aliphatic heterocycles. The monoisotopic (exact) mass is 360 g/mol. The number of sulfonamides is 1. The summed E-state index contributed by atoms with van der Waals surface area (Å²) >= 11 is 0. The minimum absolute atomic E-state index is 0.129. The summed E-state index contributed by atoms with van der Waals surface area (Å²) < 4.78 is 33.6. The van der Waals surface area contributed by atoms with Crippen LogP contribution in [-0.4, -0.2) is 39.9 Å². The molecule has 0 saturated heterocycles. The summed E-state index contributed by atoms with van der Waals surface area (Å²) in [4.78, 5) is 14.0. The van der Waals surface area contributed by atoms with Gasteiger partial charge in [-0.15, -0.1) is 0 Å². The van der Waals surface area contributed by atoms with Crippen molar-refractivity contribution in [2.45, 2.75) is 17.4 Å². The Bertz CT molecular complexity index is 879. The number of amides is 1. The molecule has 25 heavy (non-hydrogen) atoms. The highest BCUT2D eigenvalue weighted by Gasteiger charge is 2.29. The molecule has 2 aromatic rings. The lowest BCUT2D eigenvalue weighted by atomic mass is 10.1. The SMILES string of the molecule is CN(C)C(=O)[C@H](NS(=O)(=O)c1ccc2c(c1)CCO2)c1ccccc1. The molecule has 0 unspecified atom stereocenters. The van der Waals surface area contributed by atoms with E-state index in [-0.39, 0.29) is 10.8 Å². The number of carbonyl (C=O) groups excluding carboxylic acids is 1. The molecule has 0 radical (unpaired) electrons. The highest BCUT2D eigenvalue weighted by Crippen LogP contribution is 2.28. The molecule has 0 fully saturated rings. The van der Waals surface area contributed by atoms with E-state index in [1.54, 1.807) is 50.5 Å². The van der Waals surface area contributed by atoms with Crippen molar-refractivity contribution in [1.29, 1.82) is 0 Å². The van der Waals surface area contributed by atoms with E-state index in [4.69, 9.17) is 4.74 Å². The molecular weight excluding hydrogens is 340 g/mol. The second-order valence-corrected chi connectivity index (χ2v) is 7.78. The van der Waals surface area contributed by atoms with Crippen molar-refractivity contribution in [3.05, 3.63) is 59.7 Å². The molecule has 0 spiro atoms. The normalized spacial score (nSPS) is 14.5. The highest BCUT2D eigenvalue weighted by molar-refractivity contribution is 7.89. The van der Waals surface area contributed by atoms with E-state index < -0.39 is 16.1 Å². The van der Waals surface area contributed by atoms with Gasteiger partial charge in [0.05, 0.1) is 11.5 Å². The Morgan fingerprint density at radius 3 is 2.56 bits per heavy atom. The number of nitrogens with zero attached hydrogens (tertiary/aromatic N) is 1. The molecule has 7 heteroatoms. The van der Waals surface area contributed by atoms with Gasteiger partial charge in [0.15, 0.2) is 0 Å². The average molecular weight is 360 g/mol. The maximum atomic E-state index is 12.8. The van der Waals surface area contributed by atoms with Crippen LogP contribution < -0.4 is 9.46 Å². The average Bonchev–Trinajstić information content (AvgIpc) is 3.07. The Hall–Kier alpha value is -2.38. The Kier molecular flexibility index (Phi) is 4.78. The van der Waals surface area contributed by atoms with E-state index in [0.29, 0.717) is 24.3 Å². The standard InChI is InChI=1S/C18H20N2O4S/c1-20(2)18(21)17(13-6-4-3-5-7-13)19-25(22,23)15-8-9-16-14(12-15)10-11-24-16/h3-9,12,17,19H,10-11H2,1-2H3/t17-/m1/s1. The molecule has 132 valence electrons. The zero-order valence-corrected chi connectivity index (χ0v) is 14.9. The topological polar surface area (TPSA) is 75.7 Å². The van der Waals surface area contributed by atoms with Gasteiger partial charge in [0.1, 0.15) is 11.8 Å². The van der Waals surface area contributed by atoms with Gasteiger partial charge in [-0.05, 0) is 29.3 Å². The molecule has 1 atom stereocenters. The summed E-state index contributed by atoms with van der Waals surface area (Å²) in [6, 6.07) is 12.6. The van der Waals surface area contributed by atoms with Crippen LogP contribution in [0, 0.1) is 0 Å². The molecule has 1 aliphatic rings. The zero-order chi connectivity index (χ0) is 18.0. The number of hydrogen-bond acceptors (Lipinski definition) is 4. The van der Waals surface area contributed by atoms with Crippen molar-refractivity contribution < 1.29 is 17.9 Å². The van der Waals surface area contributed by atoms with Crippen molar-refractivity contribution in [2.75, 3.05) is 20.7 Å². The number of ether oxygens (including phenoxy) is 1. The molecule has 0 aromatic heterocycles. The quantitative estimate of drug-likeness (QED) is 0.881. The predicted octanol–water partition coefficient (Wildman–Crippen LogP) is 1.73. The summed E-state index contributed by atoms with van der Waals surface area (Å²) in [5, 5.41) is 0. The summed E-state index contributed by atoms with van der Waals surface area (Å²) in [5.74, 6) is 0.377. The number of rotatable bonds is 5. The second kappa shape index (κ2) is 6.85. The van der Waals surface area contributed by atoms with E-state index in [0.717, 1.165) is 5.56 Å². The Morgan fingerprint density at radius 1 is 1.16 bits per heavy atom. The molecule has 6 nitrogen and oxygen atoms in total. The van der Waals surface area contributed by atoms with Gasteiger partial charge in [0.25, 0.3) is 0 Å². The van der Waals surface area contributed by atoms with Gasteiger partial charge in [-0.2, -0.15) is 4.72 Å². The minimum Gasteiger partial charge on any atom is -0.493 e. The molecule has 0 saturated carbocycles. The molecule has 2 aromatic carbocycles. The van der Waals surface area contributed by atoms with E-state index in [1.807, 2.05) is 6.07 Å². The molecule has 3 rings (SSSR count). The second-order valence-electron chi connectivity index (χ2n) is 6.07. The fraction of sp³-hybridized carbons (Fsp3) is 0.278. The first-order valence-electron chi connectivity index (χ1n) is 7.92. The Balaban J connectivity index is 1.94. The van der Waals surface area contributed by atoms with E-state index in [9.17, 15) is 13.2 Å². The van der Waals surface area contributed by atoms with Crippen molar-refractivity contribution in [3.63, 3.8) is 0 Å². The summed E-state index contributed by atoms with van der Waals surface area (Å²) in [5.41, 5.74) is 1.45. The van der Waals surface area contributed by atoms with Crippen LogP contribution in [0.4, 0.5) is 0 Å². The lowest BCUT2D eigenvalue weighted by molar-refractivity contribution is -0.130. The van der Waals surface area contributed by atoms with E-state index in [2.05, 4.69) is 4.72 Å². The molecular formula is C18H20N2O4S. The van der Waals surface area contributed by atoms with Crippen LogP contribution in [0.3, 0.4) is 0 Å². The van der Waals surface area contributed by atoms with E-state index >= 15 is 0 Å². The number of benzene rings is 2. The van der Waals surface area contributed by atoms with Gasteiger partial charge in [0, 0.05) is 20.5 Å². The number of hydrogen-bond donors (Lipinski definition) is 1. The van der Waals surface area contributed by atoms with Crippen LogP contribution in [0.15, 0.2) is 53.4 Å². The molecule has 1 N–H and O–H groups in total. The van der Waals surface area contributed by atoms with Crippen LogP contribution in [0.1, 0.15) is 17.2 Å². The predicted molar refractivity (Wildman–Crippen MR) is 93.8 cm³/mol. The van der Waals surface area contributed by atoms with Crippen LogP contribution in [0.5, 0.6) is 5.75 Å². The van der Waals surface area contributed by atoms with Gasteiger partial charge in [-0.3, -0.25) is 4.79 Å². The molecule has 0 bridgehead atoms. The number of carbonyl (C=O) groups is 1. The van der Waals surface area contributed by atoms with Crippen LogP contribution >= 0.6 is 0 Å². The maximum Gasteiger partial charge on any atom is 0.244 e. The minimum atomic E-state index is -3.86. The number of nitrogens with one attached hydrogen (secondary N) is 1. The van der Waals surface area contributed by atoms with Gasteiger partial charge in [-0.25, -0.2) is 8.42 Å². The molecule has 1 heterocycles. The molecule has 1 amide bonds. The largest absolute Gasteiger partial charge is 0.493 e. The van der Waals surface area contributed by atoms with Crippen molar-refractivity contribution in [3.8, 4) is 5.75 Å². The Labute approximate surface area is 147 Å². The Morgan fingerprint density at radius 2 is 1.88 bits per heavy atom. The smallest absolute Gasteiger partial charge is 0.244 e. The fourth-order valence-corrected chi connectivity index (χ4v) is 3.95. The van der Waals surface area contributed by atoms with Gasteiger partial charge in [-0.1, -0.05) is 30.3 Å². The highest BCUT2D eigenvalue weighted by atomic mass is 32.2. The summed E-state index contributed by atoms with van der Waals surface area (Å²) in [6.07, 6.45) is 0.678. The first-order valence-corrected chi connectivity index (χ1v) is 9.41. The maximum absolute atomic E-state index is 12.8. The van der Waals surface area contributed by atoms with Crippen molar-refractivity contribution >= 4 is 15.9 Å². The third-order valence-corrected chi connectivity index (χ3v) is 5.49. The third-order valence-electron chi connectivity index (χ3n) is 4.06. The van der Waals surface area contributed by atoms with Crippen LogP contribution in [0.2, 0.25) is 0 Å². The number of likely N-dealkylation sites (N-methyl/N-ethyl adjacent to an activating group) is 1. The summed E-state index contributed by atoms with van der Waals surface area (Å²) in [7, 11) is -0.668. The van der Waals surface area contributed by atoms with Gasteiger partial charge in [0.2, 0.25) is 15.9 Å². The van der Waals surface area contributed by atoms with Crippen molar-refractivity contribution in [1.82, 2.24) is 9.62 Å². The number of fused-ring (bicyclic) bond motifs is 1. The first kappa shape index (κ1) is 17.4. The molecule has 0 aliphatic carbocycles. The van der Waals surface area contributed by atoms with E-state index in [1.165, 1.54) is 11.0 Å². The third kappa shape index (κ3) is 3.67. The fourth-order valence-electron chi connectivity index (χ4n) is 2.72. The van der Waals surface area contributed by atoms with Gasteiger partial charge >= 0.3 is 0 Å². The van der Waals surface area contributed by atoms with Crippen molar-refractivity contribution in [2.24, 2.45) is 0 Å². The first-order chi connectivity index (χ1) is 11.9. The lowest BCUT2D eigenvalue weighted by Crippen LogP contribution is -2.39.